The molecule has 2 aromatic rings. The van der Waals surface area contributed by atoms with Gasteiger partial charge in [-0.2, -0.15) is 0 Å². The minimum Gasteiger partial charge on any atom is -0.378 e. The van der Waals surface area contributed by atoms with Gasteiger partial charge in [-0.25, -0.2) is 0 Å². The molecule has 8 nitrogen and oxygen atoms in total. The average molecular weight is 410 g/mol. The van der Waals surface area contributed by atoms with Crippen molar-refractivity contribution in [1.82, 2.24) is 20.0 Å². The van der Waals surface area contributed by atoms with Crippen LogP contribution in [0.15, 0.2) is 36.4 Å². The molecule has 0 saturated carbocycles. The predicted octanol–water partition coefficient (Wildman–Crippen LogP) is 1.26. The number of nitrogens with zero attached hydrogens (tertiary/aromatic N) is 7. The number of hydrogen-bond acceptors (Lipinski definition) is 7. The van der Waals surface area contributed by atoms with E-state index in [9.17, 15) is 4.79 Å². The summed E-state index contributed by atoms with van der Waals surface area (Å²) in [5, 5.41) is 8.92. The summed E-state index contributed by atoms with van der Waals surface area (Å²) in [6, 6.07) is 11.9. The van der Waals surface area contributed by atoms with Gasteiger partial charge in [0, 0.05) is 77.7 Å². The normalized spacial score (nSPS) is 17.9. The van der Waals surface area contributed by atoms with Crippen molar-refractivity contribution in [3.8, 4) is 0 Å². The smallest absolute Gasteiger partial charge is 0.253 e. The summed E-state index contributed by atoms with van der Waals surface area (Å²) in [6.45, 7) is 7.00. The Balaban J connectivity index is 1.32. The number of hydrogen-bond donors (Lipinski definition) is 0. The number of piperazine rings is 2. The molecule has 2 aliphatic heterocycles. The molecule has 0 spiro atoms. The van der Waals surface area contributed by atoms with E-state index in [-0.39, 0.29) is 5.91 Å². The molecule has 4 rings (SSSR count). The van der Waals surface area contributed by atoms with Crippen molar-refractivity contribution in [3.63, 3.8) is 0 Å². The molecule has 0 aliphatic carbocycles. The highest BCUT2D eigenvalue weighted by Crippen LogP contribution is 2.19. The Morgan fingerprint density at radius 2 is 1.27 bits per heavy atom. The van der Waals surface area contributed by atoms with Crippen LogP contribution < -0.4 is 14.7 Å². The lowest BCUT2D eigenvalue weighted by Gasteiger charge is -2.36. The number of likely N-dealkylation sites (N-methyl/N-ethyl adjacent to an activating group) is 1. The fraction of sp³-hybridized carbons (Fsp3) is 0.500. The molecule has 8 heteroatoms. The van der Waals surface area contributed by atoms with Crippen molar-refractivity contribution in [2.45, 2.75) is 0 Å². The highest BCUT2D eigenvalue weighted by Gasteiger charge is 2.23. The van der Waals surface area contributed by atoms with Crippen LogP contribution in [0.2, 0.25) is 0 Å². The summed E-state index contributed by atoms with van der Waals surface area (Å²) < 4.78 is 0. The summed E-state index contributed by atoms with van der Waals surface area (Å²) >= 11 is 0. The standard InChI is InChI=1S/C22H31N7O/c1-25(2)19-6-4-18(5-7-19)22(30)29-16-14-28(15-17-29)21-9-8-20(23-24-21)27-12-10-26(3)11-13-27/h4-9H,10-17H2,1-3H3. The van der Waals surface area contributed by atoms with Crippen molar-refractivity contribution in [2.75, 3.05) is 88.2 Å². The van der Waals surface area contributed by atoms with Crippen molar-refractivity contribution in [3.05, 3.63) is 42.0 Å². The van der Waals surface area contributed by atoms with Crippen molar-refractivity contribution < 1.29 is 4.79 Å². The molecular weight excluding hydrogens is 378 g/mol. The first kappa shape index (κ1) is 20.4. The third-order valence-corrected chi connectivity index (χ3v) is 5.99. The molecule has 160 valence electrons. The molecule has 30 heavy (non-hydrogen) atoms. The molecule has 2 aliphatic rings. The SMILES string of the molecule is CN1CCN(c2ccc(N3CCN(C(=O)c4ccc(N(C)C)cc4)CC3)nn2)CC1. The largest absolute Gasteiger partial charge is 0.378 e. The van der Waals surface area contributed by atoms with Gasteiger partial charge in [-0.1, -0.05) is 0 Å². The van der Waals surface area contributed by atoms with E-state index in [2.05, 4.69) is 44.1 Å². The molecule has 3 heterocycles. The van der Waals surface area contributed by atoms with Gasteiger partial charge in [0.2, 0.25) is 0 Å². The molecule has 0 N–H and O–H groups in total. The van der Waals surface area contributed by atoms with E-state index >= 15 is 0 Å². The van der Waals surface area contributed by atoms with Crippen LogP contribution in [0, 0.1) is 0 Å². The lowest BCUT2D eigenvalue weighted by atomic mass is 10.1. The highest BCUT2D eigenvalue weighted by atomic mass is 16.2. The molecule has 0 bridgehead atoms. The fourth-order valence-corrected chi connectivity index (χ4v) is 3.91. The van der Waals surface area contributed by atoms with Gasteiger partial charge >= 0.3 is 0 Å². The van der Waals surface area contributed by atoms with Crippen molar-refractivity contribution in [1.29, 1.82) is 0 Å². The second kappa shape index (κ2) is 8.87. The zero-order valence-electron chi connectivity index (χ0n) is 18.2. The molecule has 2 fully saturated rings. The molecule has 0 unspecified atom stereocenters. The van der Waals surface area contributed by atoms with Gasteiger partial charge in [-0.3, -0.25) is 4.79 Å². The maximum absolute atomic E-state index is 12.8. The maximum Gasteiger partial charge on any atom is 0.253 e. The molecule has 2 saturated heterocycles. The second-order valence-electron chi connectivity index (χ2n) is 8.26. The summed E-state index contributed by atoms with van der Waals surface area (Å²) in [6.07, 6.45) is 0. The van der Waals surface area contributed by atoms with E-state index in [4.69, 9.17) is 0 Å². The summed E-state index contributed by atoms with van der Waals surface area (Å²) in [7, 11) is 6.14. The maximum atomic E-state index is 12.8. The number of anilines is 3. The number of rotatable bonds is 4. The Hall–Kier alpha value is -2.87. The molecule has 0 radical (unpaired) electrons. The Morgan fingerprint density at radius 3 is 1.73 bits per heavy atom. The molecule has 1 amide bonds. The first-order chi connectivity index (χ1) is 14.5. The predicted molar refractivity (Wildman–Crippen MR) is 121 cm³/mol. The van der Waals surface area contributed by atoms with Crippen LogP contribution in [0.5, 0.6) is 0 Å². The first-order valence-electron chi connectivity index (χ1n) is 10.6. The van der Waals surface area contributed by atoms with E-state index < -0.39 is 0 Å². The topological polar surface area (TPSA) is 59.1 Å². The van der Waals surface area contributed by atoms with Gasteiger partial charge in [-0.15, -0.1) is 10.2 Å². The van der Waals surface area contributed by atoms with Crippen LogP contribution in [0.25, 0.3) is 0 Å². The molecule has 1 aromatic heterocycles. The van der Waals surface area contributed by atoms with Gasteiger partial charge in [-0.05, 0) is 43.4 Å². The summed E-state index contributed by atoms with van der Waals surface area (Å²) in [5.74, 6) is 1.92. The minimum atomic E-state index is 0.0939. The van der Waals surface area contributed by atoms with Gasteiger partial charge in [0.25, 0.3) is 5.91 Å². The number of amides is 1. The lowest BCUT2D eigenvalue weighted by molar-refractivity contribution is 0.0746. The third-order valence-electron chi connectivity index (χ3n) is 5.99. The quantitative estimate of drug-likeness (QED) is 0.753. The van der Waals surface area contributed by atoms with Crippen LogP contribution >= 0.6 is 0 Å². The van der Waals surface area contributed by atoms with Gasteiger partial charge in [0.05, 0.1) is 0 Å². The third kappa shape index (κ3) is 4.48. The Kier molecular flexibility index (Phi) is 6.03. The van der Waals surface area contributed by atoms with E-state index in [1.54, 1.807) is 0 Å². The van der Waals surface area contributed by atoms with Crippen LogP contribution in [-0.4, -0.2) is 99.4 Å². The van der Waals surface area contributed by atoms with E-state index in [0.29, 0.717) is 13.1 Å². The van der Waals surface area contributed by atoms with Crippen LogP contribution in [0.3, 0.4) is 0 Å². The highest BCUT2D eigenvalue weighted by molar-refractivity contribution is 5.94. The Morgan fingerprint density at radius 1 is 0.767 bits per heavy atom. The van der Waals surface area contributed by atoms with Gasteiger partial charge in [0.15, 0.2) is 11.6 Å². The fourth-order valence-electron chi connectivity index (χ4n) is 3.91. The van der Waals surface area contributed by atoms with Crippen LogP contribution in [0.1, 0.15) is 10.4 Å². The average Bonchev–Trinajstić information content (AvgIpc) is 2.79. The Bertz CT molecular complexity index is 837. The number of carbonyl (C=O) groups excluding carboxylic acids is 1. The van der Waals surface area contributed by atoms with Crippen molar-refractivity contribution in [2.24, 2.45) is 0 Å². The number of benzene rings is 1. The first-order valence-corrected chi connectivity index (χ1v) is 10.6. The molecule has 1 aromatic carbocycles. The summed E-state index contributed by atoms with van der Waals surface area (Å²) in [4.78, 5) is 23.6. The molecular formula is C22H31N7O. The number of carbonyl (C=O) groups is 1. The zero-order valence-corrected chi connectivity index (χ0v) is 18.2. The van der Waals surface area contributed by atoms with E-state index in [1.165, 1.54) is 0 Å². The van der Waals surface area contributed by atoms with Crippen molar-refractivity contribution >= 4 is 23.2 Å². The monoisotopic (exact) mass is 409 g/mol. The summed E-state index contributed by atoms with van der Waals surface area (Å²) in [5.41, 5.74) is 1.83. The Labute approximate surface area is 178 Å². The minimum absolute atomic E-state index is 0.0939. The van der Waals surface area contributed by atoms with E-state index in [1.807, 2.05) is 48.2 Å². The number of aromatic nitrogens is 2. The van der Waals surface area contributed by atoms with Gasteiger partial charge < -0.3 is 24.5 Å². The van der Waals surface area contributed by atoms with Crippen LogP contribution in [-0.2, 0) is 0 Å². The van der Waals surface area contributed by atoms with Gasteiger partial charge in [0.1, 0.15) is 0 Å². The second-order valence-corrected chi connectivity index (χ2v) is 8.26. The lowest BCUT2D eigenvalue weighted by Crippen LogP contribution is -2.49. The van der Waals surface area contributed by atoms with E-state index in [0.717, 1.165) is 62.2 Å². The van der Waals surface area contributed by atoms with Crippen LogP contribution in [0.4, 0.5) is 17.3 Å². The zero-order chi connectivity index (χ0) is 21.1. The molecule has 0 atom stereocenters.